The van der Waals surface area contributed by atoms with Gasteiger partial charge < -0.3 is 0 Å². The number of rotatable bonds is 4. The first kappa shape index (κ1) is 23.7. The van der Waals surface area contributed by atoms with Crippen LogP contribution in [0.4, 0.5) is 13.2 Å². The Morgan fingerprint density at radius 2 is 1.80 bits per heavy atom. The Morgan fingerprint density at radius 1 is 1.06 bits per heavy atom. The highest BCUT2D eigenvalue weighted by atomic mass is 19.4. The standard InChI is InChI=1S/C24H19F3N6O2/c1-14(2)31-22(34)21(20-7-8-30-33(20)19-9-16(11-28)12-29-13-19)15(3)32(23(31)35)18-6-4-5-17(10-18)24(25,26)27/h4-10,12-14H,1-3H3. The molecule has 3 heterocycles. The van der Waals surface area contributed by atoms with E-state index in [1.54, 1.807) is 19.9 Å². The lowest BCUT2D eigenvalue weighted by Gasteiger charge is -2.20. The number of nitriles is 1. The van der Waals surface area contributed by atoms with E-state index >= 15 is 0 Å². The first-order chi connectivity index (χ1) is 16.5. The highest BCUT2D eigenvalue weighted by molar-refractivity contribution is 5.64. The van der Waals surface area contributed by atoms with E-state index < -0.39 is 29.0 Å². The van der Waals surface area contributed by atoms with Crippen LogP contribution in [0.2, 0.25) is 0 Å². The van der Waals surface area contributed by atoms with Crippen LogP contribution in [0.3, 0.4) is 0 Å². The van der Waals surface area contributed by atoms with Gasteiger partial charge in [-0.3, -0.25) is 18.9 Å². The minimum atomic E-state index is -4.61. The summed E-state index contributed by atoms with van der Waals surface area (Å²) in [5.41, 5.74) is -1.14. The summed E-state index contributed by atoms with van der Waals surface area (Å²) in [7, 11) is 0. The van der Waals surface area contributed by atoms with Gasteiger partial charge in [-0.25, -0.2) is 9.48 Å². The summed E-state index contributed by atoms with van der Waals surface area (Å²) >= 11 is 0. The molecule has 0 spiro atoms. The van der Waals surface area contributed by atoms with Gasteiger partial charge in [-0.15, -0.1) is 0 Å². The fraction of sp³-hybridized carbons (Fsp3) is 0.208. The van der Waals surface area contributed by atoms with Crippen LogP contribution in [0.5, 0.6) is 0 Å². The molecule has 0 saturated carbocycles. The summed E-state index contributed by atoms with van der Waals surface area (Å²) in [4.78, 5) is 30.9. The maximum atomic E-state index is 13.5. The Hall–Kier alpha value is -4.46. The van der Waals surface area contributed by atoms with Gasteiger partial charge in [-0.05, 0) is 51.1 Å². The summed E-state index contributed by atoms with van der Waals surface area (Å²) in [5, 5.41) is 13.5. The van der Waals surface area contributed by atoms with Crippen LogP contribution in [0, 0.1) is 18.3 Å². The molecule has 0 amide bonds. The van der Waals surface area contributed by atoms with Crippen molar-refractivity contribution in [1.29, 1.82) is 5.26 Å². The molecule has 3 aromatic heterocycles. The molecule has 0 aliphatic heterocycles. The second-order valence-electron chi connectivity index (χ2n) is 8.07. The van der Waals surface area contributed by atoms with Crippen LogP contribution in [-0.2, 0) is 6.18 Å². The monoisotopic (exact) mass is 480 g/mol. The summed E-state index contributed by atoms with van der Waals surface area (Å²) in [6.07, 6.45) is -0.346. The Balaban J connectivity index is 2.06. The zero-order valence-corrected chi connectivity index (χ0v) is 18.9. The number of halogens is 3. The summed E-state index contributed by atoms with van der Waals surface area (Å²) in [6, 6.07) is 8.84. The van der Waals surface area contributed by atoms with Gasteiger partial charge in [-0.1, -0.05) is 6.07 Å². The van der Waals surface area contributed by atoms with E-state index in [0.29, 0.717) is 11.4 Å². The fourth-order valence-electron chi connectivity index (χ4n) is 3.90. The van der Waals surface area contributed by atoms with Crippen molar-refractivity contribution in [1.82, 2.24) is 23.9 Å². The average molecular weight is 480 g/mol. The van der Waals surface area contributed by atoms with Crippen molar-refractivity contribution in [2.45, 2.75) is 33.0 Å². The van der Waals surface area contributed by atoms with E-state index in [-0.39, 0.29) is 22.5 Å². The van der Waals surface area contributed by atoms with Gasteiger partial charge in [-0.2, -0.15) is 23.5 Å². The SMILES string of the molecule is Cc1c(-c2ccnn2-c2cncc(C#N)c2)c(=O)n(C(C)C)c(=O)n1-c1cccc(C(F)(F)F)c1. The molecule has 0 aliphatic rings. The highest BCUT2D eigenvalue weighted by Gasteiger charge is 2.31. The third-order valence-electron chi connectivity index (χ3n) is 5.47. The van der Waals surface area contributed by atoms with Gasteiger partial charge in [0.1, 0.15) is 6.07 Å². The van der Waals surface area contributed by atoms with Gasteiger partial charge in [0.25, 0.3) is 5.56 Å². The molecule has 0 N–H and O–H groups in total. The smallest absolute Gasteiger partial charge is 0.268 e. The topological polar surface area (TPSA) is 98.5 Å². The van der Waals surface area contributed by atoms with Crippen molar-refractivity contribution in [3.63, 3.8) is 0 Å². The Morgan fingerprint density at radius 3 is 2.46 bits per heavy atom. The first-order valence-electron chi connectivity index (χ1n) is 10.5. The van der Waals surface area contributed by atoms with Gasteiger partial charge >= 0.3 is 11.9 Å². The molecule has 0 atom stereocenters. The van der Waals surface area contributed by atoms with Crippen LogP contribution in [0.15, 0.2) is 64.6 Å². The van der Waals surface area contributed by atoms with Crippen LogP contribution in [0.1, 0.15) is 36.7 Å². The first-order valence-corrected chi connectivity index (χ1v) is 10.5. The van der Waals surface area contributed by atoms with Gasteiger partial charge in [0.2, 0.25) is 0 Å². The van der Waals surface area contributed by atoms with E-state index in [4.69, 9.17) is 0 Å². The van der Waals surface area contributed by atoms with E-state index in [0.717, 1.165) is 21.3 Å². The molecule has 0 saturated heterocycles. The minimum Gasteiger partial charge on any atom is -0.268 e. The number of nitrogens with zero attached hydrogens (tertiary/aromatic N) is 6. The van der Waals surface area contributed by atoms with Crippen LogP contribution >= 0.6 is 0 Å². The predicted molar refractivity (Wildman–Crippen MR) is 121 cm³/mol. The predicted octanol–water partition coefficient (Wildman–Crippen LogP) is 4.03. The van der Waals surface area contributed by atoms with Crippen LogP contribution in [-0.4, -0.2) is 23.9 Å². The van der Waals surface area contributed by atoms with Crippen LogP contribution < -0.4 is 11.2 Å². The molecule has 4 aromatic rings. The molecular formula is C24H19F3N6O2. The molecule has 0 fully saturated rings. The van der Waals surface area contributed by atoms with Crippen LogP contribution in [0.25, 0.3) is 22.6 Å². The molecular weight excluding hydrogens is 461 g/mol. The van der Waals surface area contributed by atoms with Crippen molar-refractivity contribution in [2.75, 3.05) is 0 Å². The fourth-order valence-corrected chi connectivity index (χ4v) is 3.90. The van der Waals surface area contributed by atoms with E-state index in [1.807, 2.05) is 6.07 Å². The lowest BCUT2D eigenvalue weighted by Crippen LogP contribution is -2.42. The lowest BCUT2D eigenvalue weighted by atomic mass is 10.1. The molecule has 0 bridgehead atoms. The molecule has 8 nitrogen and oxygen atoms in total. The largest absolute Gasteiger partial charge is 0.416 e. The zero-order chi connectivity index (χ0) is 25.5. The second kappa shape index (κ2) is 8.72. The molecule has 1 aromatic carbocycles. The molecule has 178 valence electrons. The van der Waals surface area contributed by atoms with E-state index in [9.17, 15) is 28.0 Å². The van der Waals surface area contributed by atoms with E-state index in [1.165, 1.54) is 48.4 Å². The number of aromatic nitrogens is 5. The summed E-state index contributed by atoms with van der Waals surface area (Å²) in [6.45, 7) is 4.76. The van der Waals surface area contributed by atoms with E-state index in [2.05, 4.69) is 10.1 Å². The minimum absolute atomic E-state index is 0.0304. The second-order valence-corrected chi connectivity index (χ2v) is 8.07. The van der Waals surface area contributed by atoms with Gasteiger partial charge in [0, 0.05) is 17.9 Å². The lowest BCUT2D eigenvalue weighted by molar-refractivity contribution is -0.137. The number of pyridine rings is 1. The summed E-state index contributed by atoms with van der Waals surface area (Å²) < 4.78 is 43.6. The summed E-state index contributed by atoms with van der Waals surface area (Å²) in [5.74, 6) is 0. The molecule has 35 heavy (non-hydrogen) atoms. The third-order valence-corrected chi connectivity index (χ3v) is 5.47. The van der Waals surface area contributed by atoms with Crippen molar-refractivity contribution in [3.05, 3.63) is 92.6 Å². The average Bonchev–Trinajstić information content (AvgIpc) is 3.28. The maximum Gasteiger partial charge on any atom is 0.416 e. The number of hydrogen-bond acceptors (Lipinski definition) is 5. The number of alkyl halides is 3. The van der Waals surface area contributed by atoms with Gasteiger partial charge in [0.15, 0.2) is 0 Å². The van der Waals surface area contributed by atoms with Crippen molar-refractivity contribution in [3.8, 4) is 28.7 Å². The third kappa shape index (κ3) is 4.14. The Kier molecular flexibility index (Phi) is 5.90. The molecule has 0 aliphatic carbocycles. The quantitative estimate of drug-likeness (QED) is 0.439. The Labute approximate surface area is 197 Å². The van der Waals surface area contributed by atoms with Crippen molar-refractivity contribution < 1.29 is 13.2 Å². The number of hydrogen-bond donors (Lipinski definition) is 0. The Bertz CT molecular complexity index is 1590. The molecule has 11 heteroatoms. The van der Waals surface area contributed by atoms with Gasteiger partial charge in [0.05, 0.1) is 46.2 Å². The normalized spacial score (nSPS) is 11.6. The number of benzene rings is 1. The molecule has 0 unspecified atom stereocenters. The maximum absolute atomic E-state index is 13.5. The highest BCUT2D eigenvalue weighted by Crippen LogP contribution is 2.31. The molecule has 0 radical (unpaired) electrons. The zero-order valence-electron chi connectivity index (χ0n) is 18.9. The molecule has 4 rings (SSSR count). The van der Waals surface area contributed by atoms with Crippen molar-refractivity contribution >= 4 is 0 Å². The van der Waals surface area contributed by atoms with Crippen molar-refractivity contribution in [2.24, 2.45) is 0 Å².